The fourth-order valence-corrected chi connectivity index (χ4v) is 5.09. The van der Waals surface area contributed by atoms with Gasteiger partial charge in [0.05, 0.1) is 32.0 Å². The first-order valence-corrected chi connectivity index (χ1v) is 14.0. The Morgan fingerprint density at radius 1 is 0.755 bits per heavy atom. The molecule has 11 N–H and O–H groups in total. The number of halogens is 4. The van der Waals surface area contributed by atoms with Crippen LogP contribution in [0.5, 0.6) is 0 Å². The third-order valence-corrected chi connectivity index (χ3v) is 7.56. The molecule has 20 heteroatoms. The lowest BCUT2D eigenvalue weighted by Crippen LogP contribution is -2.68. The number of aliphatic carboxylic acids is 1. The van der Waals surface area contributed by atoms with Crippen molar-refractivity contribution in [2.24, 2.45) is 23.3 Å². The average molecular weight is 731 g/mol. The molecule has 2 aliphatic heterocycles. The summed E-state index contributed by atoms with van der Waals surface area (Å²) in [6, 6.07) is -3.44. The highest BCUT2D eigenvalue weighted by molar-refractivity contribution is 5.80. The summed E-state index contributed by atoms with van der Waals surface area (Å²) in [7, 11) is 0. The number of esters is 1. The number of hydrogen-bond donors (Lipinski definition) is 9. The van der Waals surface area contributed by atoms with E-state index in [0.29, 0.717) is 0 Å². The van der Waals surface area contributed by atoms with Gasteiger partial charge < -0.3 is 71.0 Å². The van der Waals surface area contributed by atoms with Crippen molar-refractivity contribution in [2.75, 3.05) is 19.8 Å². The summed E-state index contributed by atoms with van der Waals surface area (Å²) < 4.78 is 71.1. The highest BCUT2D eigenvalue weighted by Gasteiger charge is 2.63. The summed E-state index contributed by atoms with van der Waals surface area (Å²) in [4.78, 5) is 45.2. The van der Waals surface area contributed by atoms with Gasteiger partial charge in [0.2, 0.25) is 0 Å². The van der Waals surface area contributed by atoms with Gasteiger partial charge in [-0.1, -0.05) is 22.3 Å². The Bertz CT molecular complexity index is 1070. The lowest BCUT2D eigenvalue weighted by atomic mass is 9.79. The molecule has 2 saturated heterocycles. The van der Waals surface area contributed by atoms with E-state index in [1.807, 2.05) is 0 Å². The van der Waals surface area contributed by atoms with Crippen molar-refractivity contribution in [3.63, 3.8) is 0 Å². The number of ketones is 2. The van der Waals surface area contributed by atoms with Gasteiger partial charge in [0, 0.05) is 36.8 Å². The van der Waals surface area contributed by atoms with Gasteiger partial charge in [0.25, 0.3) is 0 Å². The van der Waals surface area contributed by atoms with Crippen LogP contribution in [0.15, 0.2) is 0 Å². The Morgan fingerprint density at radius 3 is 1.37 bits per heavy atom. The third kappa shape index (κ3) is 11.6. The zero-order valence-corrected chi connectivity index (χ0v) is 25.1. The molecule has 2 fully saturated rings. The summed E-state index contributed by atoms with van der Waals surface area (Å²) >= 11 is 0. The van der Waals surface area contributed by atoms with Crippen molar-refractivity contribution in [3.05, 3.63) is 0 Å². The van der Waals surface area contributed by atoms with Crippen LogP contribution in [0.4, 0.5) is 17.6 Å². The van der Waals surface area contributed by atoms with E-state index in [9.17, 15) is 57.2 Å². The Balaban J connectivity index is -0.000000816. The fourth-order valence-electron chi connectivity index (χ4n) is 5.09. The largest absolute Gasteiger partial charge is 0.477 e. The minimum absolute atomic E-state index is 0. The Hall–Kier alpha value is -2.40. The topological polar surface area (TPSA) is 290 Å². The predicted molar refractivity (Wildman–Crippen MR) is 163 cm³/mol. The highest BCUT2D eigenvalue weighted by Crippen LogP contribution is 2.41. The number of rotatable bonds is 13. The first kappa shape index (κ1) is 51.0. The molecule has 14 atom stereocenters. The van der Waals surface area contributed by atoms with Crippen LogP contribution in [0.1, 0.15) is 55.9 Å². The molecule has 292 valence electrons. The van der Waals surface area contributed by atoms with Gasteiger partial charge in [-0.15, -0.1) is 0 Å². The molecule has 0 bridgehead atoms. The minimum Gasteiger partial charge on any atom is -0.477 e. The maximum atomic E-state index is 14.8. The van der Waals surface area contributed by atoms with Gasteiger partial charge in [-0.2, -0.15) is 8.78 Å². The lowest BCUT2D eigenvalue weighted by Gasteiger charge is -2.46. The van der Waals surface area contributed by atoms with E-state index < -0.39 is 128 Å². The van der Waals surface area contributed by atoms with Crippen molar-refractivity contribution >= 4 is 23.5 Å². The molecule has 0 saturated carbocycles. The lowest BCUT2D eigenvalue weighted by molar-refractivity contribution is -0.286. The van der Waals surface area contributed by atoms with Crippen molar-refractivity contribution in [2.45, 2.75) is 129 Å². The molecule has 0 aliphatic carbocycles. The second kappa shape index (κ2) is 21.1. The predicted octanol–water partition coefficient (Wildman–Crippen LogP) is -1.39. The SMILES string of the molecule is C.C.C.CC(=O)C[C@H]1C([C@H](O)[C@H](O)CO)O[C@@](F)(C(=O)O)C(F)[C@H]1N.CCOC(=O)[C@]1(F)OC([C@H](O)[C@H](O)CO)[C@H](CC(C)=O)[C@H](N)C1F. The van der Waals surface area contributed by atoms with E-state index >= 15 is 0 Å². The molecule has 0 radical (unpaired) electrons. The van der Waals surface area contributed by atoms with Gasteiger partial charge in [0.15, 0.2) is 12.3 Å². The van der Waals surface area contributed by atoms with Crippen molar-refractivity contribution in [3.8, 4) is 0 Å². The Morgan fingerprint density at radius 2 is 1.08 bits per heavy atom. The summed E-state index contributed by atoms with van der Waals surface area (Å²) in [6.45, 7) is 1.60. The van der Waals surface area contributed by atoms with Crippen LogP contribution in [0.2, 0.25) is 0 Å². The third-order valence-electron chi connectivity index (χ3n) is 7.56. The van der Waals surface area contributed by atoms with E-state index in [1.165, 1.54) is 13.8 Å². The highest BCUT2D eigenvalue weighted by atomic mass is 19.2. The van der Waals surface area contributed by atoms with Crippen LogP contribution in [-0.4, -0.2) is 152 Å². The molecule has 0 spiro atoms. The van der Waals surface area contributed by atoms with Crippen LogP contribution >= 0.6 is 0 Å². The maximum Gasteiger partial charge on any atom is 0.375 e. The van der Waals surface area contributed by atoms with Crippen LogP contribution in [-0.2, 0) is 33.4 Å². The molecule has 0 aromatic rings. The number of carbonyl (C=O) groups is 4. The minimum atomic E-state index is -3.83. The van der Waals surface area contributed by atoms with Crippen molar-refractivity contribution in [1.82, 2.24) is 0 Å². The van der Waals surface area contributed by atoms with E-state index in [-0.39, 0.29) is 35.3 Å². The van der Waals surface area contributed by atoms with Crippen molar-refractivity contribution < 1.29 is 86.7 Å². The number of aliphatic hydroxyl groups is 6. The molecular weight excluding hydrogens is 676 g/mol. The quantitative estimate of drug-likeness (QED) is 0.0778. The number of hydrogen-bond acceptors (Lipinski definition) is 15. The standard InChI is InChI=1S/C14H23F2NO7.C12H19F2NO7.3CH4/c1-3-23-13(22)14(16)12(15)9(17)7(4-6(2)19)11(24-14)10(21)8(20)5-18;1-4(17)2-5-7(15)10(13)12(14,11(20)21)22-9(5)8(19)6(18)3-16;;;/h7-12,18,20-21H,3-5,17H2,1-2H3;5-10,16,18-19H,2-3,15H2,1H3,(H,20,21);3*1H4/t7-,8-,9+,10-,11?,12?,14-;5-,6-,7+,8-,9?,10?,12-;;;/m11.../s1. The van der Waals surface area contributed by atoms with E-state index in [1.54, 1.807) is 0 Å². The number of carboxylic acids is 1. The monoisotopic (exact) mass is 730 g/mol. The zero-order chi connectivity index (χ0) is 35.9. The van der Waals surface area contributed by atoms with Gasteiger partial charge in [-0.05, 0) is 20.8 Å². The molecule has 2 heterocycles. The molecule has 49 heavy (non-hydrogen) atoms. The van der Waals surface area contributed by atoms with Crippen molar-refractivity contribution in [1.29, 1.82) is 0 Å². The molecule has 2 aliphatic rings. The van der Waals surface area contributed by atoms with E-state index in [4.69, 9.17) is 31.5 Å². The zero-order valence-electron chi connectivity index (χ0n) is 25.1. The summed E-state index contributed by atoms with van der Waals surface area (Å²) in [6.07, 6.45) is -17.1. The van der Waals surface area contributed by atoms with Gasteiger partial charge >= 0.3 is 23.6 Å². The number of carboxylic acid groups (broad SMARTS) is 1. The molecule has 4 unspecified atom stereocenters. The number of alkyl halides is 4. The van der Waals surface area contributed by atoms with Crippen LogP contribution in [0.3, 0.4) is 0 Å². The van der Waals surface area contributed by atoms with E-state index in [2.05, 4.69) is 9.47 Å². The van der Waals surface area contributed by atoms with Crippen LogP contribution in [0, 0.1) is 11.8 Å². The van der Waals surface area contributed by atoms with Crippen LogP contribution in [0.25, 0.3) is 0 Å². The summed E-state index contributed by atoms with van der Waals surface area (Å²) in [5.41, 5.74) is 11.1. The first-order chi connectivity index (χ1) is 21.2. The molecule has 2 rings (SSSR count). The number of carbonyl (C=O) groups excluding carboxylic acids is 3. The summed E-state index contributed by atoms with van der Waals surface area (Å²) in [5.74, 6) is -14.8. The molecular formula is C29H54F4N2O14. The molecule has 0 aromatic heterocycles. The van der Waals surface area contributed by atoms with E-state index in [0.717, 1.165) is 6.92 Å². The number of aliphatic hydroxyl groups excluding tert-OH is 6. The fraction of sp³-hybridized carbons (Fsp3) is 0.862. The molecule has 16 nitrogen and oxygen atoms in total. The van der Waals surface area contributed by atoms with Gasteiger partial charge in [-0.3, -0.25) is 0 Å². The normalized spacial score (nSPS) is 34.8. The van der Waals surface area contributed by atoms with Gasteiger partial charge in [0.1, 0.15) is 36.0 Å². The summed E-state index contributed by atoms with van der Waals surface area (Å²) in [5, 5.41) is 65.4. The maximum absolute atomic E-state index is 14.8. The number of nitrogens with two attached hydrogens (primary N) is 2. The first-order valence-electron chi connectivity index (χ1n) is 14.0. The molecule has 0 amide bonds. The Labute approximate surface area is 282 Å². The number of ether oxygens (including phenoxy) is 3. The average Bonchev–Trinajstić information content (AvgIpc) is 2.99. The smallest absolute Gasteiger partial charge is 0.375 e. The molecule has 0 aromatic carbocycles. The second-order valence-electron chi connectivity index (χ2n) is 11.1. The number of Topliss-reactive ketones (excluding diaryl/α,β-unsaturated/α-hetero) is 2. The second-order valence-corrected chi connectivity index (χ2v) is 11.1. The Kier molecular flexibility index (Phi) is 21.9. The van der Waals surface area contributed by atoms with Crippen LogP contribution < -0.4 is 11.5 Å². The van der Waals surface area contributed by atoms with Gasteiger partial charge in [-0.25, -0.2) is 18.4 Å².